The molecule has 0 aromatic heterocycles. The maximum Gasteiger partial charge on any atom is 0.263 e. The molecule has 0 unspecified atom stereocenters. The fraction of sp³-hybridized carbons (Fsp3) is 0. The van der Waals surface area contributed by atoms with Crippen LogP contribution in [0.3, 0.4) is 0 Å². The van der Waals surface area contributed by atoms with Crippen molar-refractivity contribution in [3.05, 3.63) is 52.8 Å². The van der Waals surface area contributed by atoms with Crippen molar-refractivity contribution in [1.29, 1.82) is 5.26 Å². The Kier molecular flexibility index (Phi) is 4.02. The van der Waals surface area contributed by atoms with Gasteiger partial charge in [-0.15, -0.1) is 0 Å². The summed E-state index contributed by atoms with van der Waals surface area (Å²) < 4.78 is 39.7. The number of sulfonamides is 1. The predicted octanol–water partition coefficient (Wildman–Crippen LogP) is 2.73. The van der Waals surface area contributed by atoms with E-state index >= 15 is 0 Å². The molecule has 0 bridgehead atoms. The van der Waals surface area contributed by atoms with Gasteiger partial charge in [0.2, 0.25) is 0 Å². The number of anilines is 2. The zero-order chi connectivity index (χ0) is 15.6. The van der Waals surface area contributed by atoms with Crippen LogP contribution in [-0.4, -0.2) is 8.42 Å². The summed E-state index contributed by atoms with van der Waals surface area (Å²) in [6.45, 7) is 0. The second-order valence-electron chi connectivity index (χ2n) is 4.09. The summed E-state index contributed by atoms with van der Waals surface area (Å²) in [5.74, 6) is -0.646. The molecule has 0 aliphatic heterocycles. The summed E-state index contributed by atoms with van der Waals surface area (Å²) in [6, 6.07) is 8.92. The number of benzene rings is 2. The summed E-state index contributed by atoms with van der Waals surface area (Å²) in [4.78, 5) is -0.284. The summed E-state index contributed by atoms with van der Waals surface area (Å²) >= 11 is 5.78. The molecule has 2 aromatic rings. The molecular weight excluding hydrogens is 317 g/mol. The molecule has 0 atom stereocenters. The van der Waals surface area contributed by atoms with Crippen molar-refractivity contribution < 1.29 is 12.8 Å². The lowest BCUT2D eigenvalue weighted by molar-refractivity contribution is 0.600. The monoisotopic (exact) mass is 325 g/mol. The molecule has 0 amide bonds. The Morgan fingerprint density at radius 3 is 2.57 bits per heavy atom. The maximum absolute atomic E-state index is 13.0. The first-order valence-electron chi connectivity index (χ1n) is 5.61. The van der Waals surface area contributed by atoms with Crippen molar-refractivity contribution in [2.45, 2.75) is 4.90 Å². The van der Waals surface area contributed by atoms with E-state index in [0.29, 0.717) is 0 Å². The fourth-order valence-corrected chi connectivity index (χ4v) is 3.02. The molecule has 0 spiro atoms. The van der Waals surface area contributed by atoms with Gasteiger partial charge in [-0.05, 0) is 36.4 Å². The summed E-state index contributed by atoms with van der Waals surface area (Å²) in [5, 5.41) is 9.23. The third kappa shape index (κ3) is 3.24. The van der Waals surface area contributed by atoms with Gasteiger partial charge in [-0.1, -0.05) is 11.6 Å². The first-order valence-corrected chi connectivity index (χ1v) is 7.47. The average molecular weight is 326 g/mol. The van der Waals surface area contributed by atoms with E-state index in [0.717, 1.165) is 18.2 Å². The van der Waals surface area contributed by atoms with Crippen LogP contribution in [0, 0.1) is 17.1 Å². The Morgan fingerprint density at radius 1 is 1.24 bits per heavy atom. The summed E-state index contributed by atoms with van der Waals surface area (Å²) in [5.41, 5.74) is 5.40. The van der Waals surface area contributed by atoms with Crippen molar-refractivity contribution in [2.24, 2.45) is 0 Å². The summed E-state index contributed by atoms with van der Waals surface area (Å²) in [7, 11) is -4.06. The van der Waals surface area contributed by atoms with Crippen molar-refractivity contribution in [3.8, 4) is 6.07 Å². The first kappa shape index (κ1) is 15.1. The number of nitrogens with one attached hydrogen (secondary N) is 1. The van der Waals surface area contributed by atoms with Crippen LogP contribution in [0.1, 0.15) is 5.56 Å². The van der Waals surface area contributed by atoms with Gasteiger partial charge in [0.25, 0.3) is 10.0 Å². The molecule has 0 heterocycles. The molecule has 0 radical (unpaired) electrons. The van der Waals surface area contributed by atoms with Crippen molar-refractivity contribution in [1.82, 2.24) is 0 Å². The molecule has 21 heavy (non-hydrogen) atoms. The van der Waals surface area contributed by atoms with E-state index in [2.05, 4.69) is 4.72 Å². The molecule has 2 aromatic carbocycles. The third-order valence-electron chi connectivity index (χ3n) is 2.61. The van der Waals surface area contributed by atoms with Gasteiger partial charge in [-0.25, -0.2) is 12.8 Å². The zero-order valence-corrected chi connectivity index (χ0v) is 12.0. The minimum Gasteiger partial charge on any atom is -0.398 e. The largest absolute Gasteiger partial charge is 0.398 e. The highest BCUT2D eigenvalue weighted by Crippen LogP contribution is 2.26. The van der Waals surface area contributed by atoms with Crippen LogP contribution in [0.5, 0.6) is 0 Å². The van der Waals surface area contributed by atoms with Crippen LogP contribution in [-0.2, 0) is 10.0 Å². The highest BCUT2D eigenvalue weighted by molar-refractivity contribution is 7.92. The second kappa shape index (κ2) is 5.60. The number of hydrogen-bond acceptors (Lipinski definition) is 4. The highest BCUT2D eigenvalue weighted by Gasteiger charge is 2.19. The Morgan fingerprint density at radius 2 is 1.95 bits per heavy atom. The first-order chi connectivity index (χ1) is 9.83. The number of nitrogens with zero attached hydrogens (tertiary/aromatic N) is 1. The number of halogens is 2. The van der Waals surface area contributed by atoms with Crippen molar-refractivity contribution >= 4 is 33.0 Å². The molecule has 0 aliphatic rings. The minimum absolute atomic E-state index is 0.0220. The van der Waals surface area contributed by atoms with Gasteiger partial charge in [0.15, 0.2) is 0 Å². The molecule has 8 heteroatoms. The van der Waals surface area contributed by atoms with Crippen LogP contribution < -0.4 is 10.5 Å². The predicted molar refractivity (Wildman–Crippen MR) is 77.8 cm³/mol. The summed E-state index contributed by atoms with van der Waals surface area (Å²) in [6.07, 6.45) is 0. The van der Waals surface area contributed by atoms with Crippen LogP contribution in [0.2, 0.25) is 5.02 Å². The Labute approximate surface area is 125 Å². The van der Waals surface area contributed by atoms with Crippen molar-refractivity contribution in [2.75, 3.05) is 10.5 Å². The van der Waals surface area contributed by atoms with Gasteiger partial charge in [0.05, 0.1) is 16.9 Å². The van der Waals surface area contributed by atoms with E-state index in [4.69, 9.17) is 22.6 Å². The van der Waals surface area contributed by atoms with Crippen LogP contribution >= 0.6 is 11.6 Å². The Balaban J connectivity index is 2.47. The van der Waals surface area contributed by atoms with Gasteiger partial charge in [-0.2, -0.15) is 5.26 Å². The molecule has 108 valence electrons. The normalized spacial score (nSPS) is 10.9. The standard InChI is InChI=1S/C13H9ClFN3O2S/c14-9-2-1-8(7-16)12(5-9)18-21(19,20)13-4-3-10(15)6-11(13)17/h1-6,18H,17H2. The van der Waals surface area contributed by atoms with Gasteiger partial charge in [0.1, 0.15) is 16.8 Å². The number of hydrogen-bond donors (Lipinski definition) is 2. The lowest BCUT2D eigenvalue weighted by atomic mass is 10.2. The lowest BCUT2D eigenvalue weighted by Gasteiger charge is -2.11. The van der Waals surface area contributed by atoms with E-state index in [1.165, 1.54) is 18.2 Å². The van der Waals surface area contributed by atoms with E-state index in [1.54, 1.807) is 0 Å². The topological polar surface area (TPSA) is 96.0 Å². The van der Waals surface area contributed by atoms with Crippen molar-refractivity contribution in [3.63, 3.8) is 0 Å². The second-order valence-corrected chi connectivity index (χ2v) is 6.18. The third-order valence-corrected chi connectivity index (χ3v) is 4.28. The maximum atomic E-state index is 13.0. The lowest BCUT2D eigenvalue weighted by Crippen LogP contribution is -2.15. The molecule has 0 aliphatic carbocycles. The number of nitrogens with two attached hydrogens (primary N) is 1. The minimum atomic E-state index is -4.06. The molecule has 5 nitrogen and oxygen atoms in total. The van der Waals surface area contributed by atoms with E-state index < -0.39 is 15.8 Å². The SMILES string of the molecule is N#Cc1ccc(Cl)cc1NS(=O)(=O)c1ccc(F)cc1N. The molecule has 2 rings (SSSR count). The molecule has 0 saturated carbocycles. The zero-order valence-electron chi connectivity index (χ0n) is 10.5. The van der Waals surface area contributed by atoms with Crippen LogP contribution in [0.4, 0.5) is 15.8 Å². The molecular formula is C13H9ClFN3O2S. The van der Waals surface area contributed by atoms with Gasteiger partial charge < -0.3 is 5.73 Å². The smallest absolute Gasteiger partial charge is 0.263 e. The Hall–Kier alpha value is -2.30. The van der Waals surface area contributed by atoms with Crippen LogP contribution in [0.25, 0.3) is 0 Å². The molecule has 3 N–H and O–H groups in total. The number of rotatable bonds is 3. The number of nitriles is 1. The van der Waals surface area contributed by atoms with Gasteiger partial charge in [0, 0.05) is 5.02 Å². The average Bonchev–Trinajstić information content (AvgIpc) is 2.37. The molecule has 0 fully saturated rings. The number of nitrogen functional groups attached to an aromatic ring is 1. The van der Waals surface area contributed by atoms with E-state index in [9.17, 15) is 12.8 Å². The van der Waals surface area contributed by atoms with Crippen LogP contribution in [0.15, 0.2) is 41.3 Å². The fourth-order valence-electron chi connectivity index (χ4n) is 1.66. The molecule has 0 saturated heterocycles. The Bertz CT molecular complexity index is 847. The highest BCUT2D eigenvalue weighted by atomic mass is 35.5. The van der Waals surface area contributed by atoms with E-state index in [1.807, 2.05) is 6.07 Å². The van der Waals surface area contributed by atoms with Gasteiger partial charge >= 0.3 is 0 Å². The van der Waals surface area contributed by atoms with Gasteiger partial charge in [-0.3, -0.25) is 4.72 Å². The van der Waals surface area contributed by atoms with E-state index in [-0.39, 0.29) is 26.9 Å². The quantitative estimate of drug-likeness (QED) is 0.848.